The fraction of sp³-hybridized carbons (Fsp3) is 0.0909. The molecule has 0 aliphatic heterocycles. The summed E-state index contributed by atoms with van der Waals surface area (Å²) in [6.45, 7) is 1.83. The van der Waals surface area contributed by atoms with Crippen molar-refractivity contribution in [1.29, 1.82) is 0 Å². The van der Waals surface area contributed by atoms with E-state index in [9.17, 15) is 14.9 Å². The zero-order chi connectivity index (χ0) is 22.1. The fourth-order valence-corrected chi connectivity index (χ4v) is 3.55. The molecule has 0 atom stereocenters. The van der Waals surface area contributed by atoms with Crippen molar-refractivity contribution < 1.29 is 4.92 Å². The van der Waals surface area contributed by atoms with Gasteiger partial charge in [0, 0.05) is 19.3 Å². The van der Waals surface area contributed by atoms with Crippen LogP contribution < -0.4 is 5.56 Å². The Morgan fingerprint density at radius 2 is 1.81 bits per heavy atom. The zero-order valence-corrected chi connectivity index (χ0v) is 17.5. The highest BCUT2D eigenvalue weighted by molar-refractivity contribution is 6.32. The number of nitro benzene ring substituents is 1. The molecule has 0 bridgehead atoms. The maximum Gasteiger partial charge on any atom is 0.297 e. The van der Waals surface area contributed by atoms with Gasteiger partial charge in [-0.05, 0) is 43.3 Å². The maximum atomic E-state index is 13.0. The Hall–Kier alpha value is -3.91. The SMILES string of the molecule is Cc1c(N=Cc2cccn2-c2ccc(Cl)c([N+](=O)[O-])c2)c(=O)n(-c2ccccc2)n1C. The zero-order valence-electron chi connectivity index (χ0n) is 16.8. The Balaban J connectivity index is 1.74. The van der Waals surface area contributed by atoms with Gasteiger partial charge in [0.2, 0.25) is 0 Å². The van der Waals surface area contributed by atoms with Gasteiger partial charge >= 0.3 is 0 Å². The molecule has 2 heterocycles. The van der Waals surface area contributed by atoms with Gasteiger partial charge in [-0.1, -0.05) is 29.8 Å². The van der Waals surface area contributed by atoms with Gasteiger partial charge in [0.25, 0.3) is 11.2 Å². The number of halogens is 1. The van der Waals surface area contributed by atoms with Gasteiger partial charge in [0.15, 0.2) is 5.69 Å². The monoisotopic (exact) mass is 435 g/mol. The largest absolute Gasteiger partial charge is 0.315 e. The Kier molecular flexibility index (Phi) is 5.31. The number of benzene rings is 2. The van der Waals surface area contributed by atoms with E-state index in [4.69, 9.17) is 11.6 Å². The second-order valence-electron chi connectivity index (χ2n) is 6.86. The summed E-state index contributed by atoms with van der Waals surface area (Å²) in [5.74, 6) is 0. The molecule has 0 aliphatic carbocycles. The fourth-order valence-electron chi connectivity index (χ4n) is 3.36. The second kappa shape index (κ2) is 8.08. The molecule has 4 aromatic rings. The summed E-state index contributed by atoms with van der Waals surface area (Å²) < 4.78 is 5.05. The van der Waals surface area contributed by atoms with Crippen molar-refractivity contribution in [2.75, 3.05) is 0 Å². The molecule has 0 saturated heterocycles. The van der Waals surface area contributed by atoms with Gasteiger partial charge in [-0.15, -0.1) is 0 Å². The summed E-state index contributed by atoms with van der Waals surface area (Å²) >= 11 is 5.92. The minimum absolute atomic E-state index is 0.0671. The van der Waals surface area contributed by atoms with Gasteiger partial charge < -0.3 is 4.57 Å². The van der Waals surface area contributed by atoms with Crippen molar-refractivity contribution in [2.24, 2.45) is 12.0 Å². The summed E-state index contributed by atoms with van der Waals surface area (Å²) in [7, 11) is 1.80. The Morgan fingerprint density at radius 3 is 2.52 bits per heavy atom. The summed E-state index contributed by atoms with van der Waals surface area (Å²) in [5.41, 5.74) is 2.59. The van der Waals surface area contributed by atoms with Crippen LogP contribution in [0.4, 0.5) is 11.4 Å². The molecule has 9 heteroatoms. The van der Waals surface area contributed by atoms with Gasteiger partial charge in [0.1, 0.15) is 5.02 Å². The van der Waals surface area contributed by atoms with Crippen LogP contribution in [0.2, 0.25) is 5.02 Å². The average molecular weight is 436 g/mol. The van der Waals surface area contributed by atoms with Crippen LogP contribution in [0.3, 0.4) is 0 Å². The van der Waals surface area contributed by atoms with Crippen LogP contribution >= 0.6 is 11.6 Å². The van der Waals surface area contributed by atoms with E-state index in [1.54, 1.807) is 51.6 Å². The van der Waals surface area contributed by atoms with E-state index in [0.717, 1.165) is 5.69 Å². The Morgan fingerprint density at radius 1 is 1.06 bits per heavy atom. The van der Waals surface area contributed by atoms with E-state index in [1.807, 2.05) is 37.3 Å². The van der Waals surface area contributed by atoms with Gasteiger partial charge in [-0.25, -0.2) is 9.67 Å². The summed E-state index contributed by atoms with van der Waals surface area (Å²) in [4.78, 5) is 28.2. The molecule has 0 fully saturated rings. The van der Waals surface area contributed by atoms with E-state index in [1.165, 1.54) is 12.1 Å². The number of rotatable bonds is 5. The molecule has 4 rings (SSSR count). The molecule has 2 aromatic heterocycles. The molecule has 0 radical (unpaired) electrons. The predicted octanol–water partition coefficient (Wildman–Crippen LogP) is 4.59. The first kappa shape index (κ1) is 20.4. The lowest BCUT2D eigenvalue weighted by Crippen LogP contribution is -2.19. The minimum atomic E-state index is -0.525. The molecule has 2 aromatic carbocycles. The normalized spacial score (nSPS) is 11.3. The van der Waals surface area contributed by atoms with Crippen molar-refractivity contribution in [1.82, 2.24) is 13.9 Å². The quantitative estimate of drug-likeness (QED) is 0.261. The minimum Gasteiger partial charge on any atom is -0.315 e. The summed E-state index contributed by atoms with van der Waals surface area (Å²) in [5, 5.41) is 11.3. The first-order valence-corrected chi connectivity index (χ1v) is 9.76. The van der Waals surface area contributed by atoms with Crippen LogP contribution in [0.1, 0.15) is 11.4 Å². The predicted molar refractivity (Wildman–Crippen MR) is 120 cm³/mol. The third kappa shape index (κ3) is 3.69. The molecule has 0 saturated carbocycles. The molecule has 0 unspecified atom stereocenters. The molecule has 0 amide bonds. The first-order valence-electron chi connectivity index (χ1n) is 9.38. The van der Waals surface area contributed by atoms with E-state index < -0.39 is 4.92 Å². The van der Waals surface area contributed by atoms with Crippen LogP contribution in [0.25, 0.3) is 11.4 Å². The van der Waals surface area contributed by atoms with Crippen molar-refractivity contribution in [3.63, 3.8) is 0 Å². The average Bonchev–Trinajstić information content (AvgIpc) is 3.30. The number of nitro groups is 1. The van der Waals surface area contributed by atoms with Gasteiger partial charge in [0.05, 0.1) is 33.9 Å². The highest BCUT2D eigenvalue weighted by Gasteiger charge is 2.16. The van der Waals surface area contributed by atoms with Gasteiger partial charge in [-0.2, -0.15) is 0 Å². The number of aromatic nitrogens is 3. The maximum absolute atomic E-state index is 13.0. The molecule has 156 valence electrons. The van der Waals surface area contributed by atoms with Crippen LogP contribution in [-0.4, -0.2) is 25.1 Å². The van der Waals surface area contributed by atoms with Crippen molar-refractivity contribution in [3.8, 4) is 11.4 Å². The van der Waals surface area contributed by atoms with E-state index in [0.29, 0.717) is 22.8 Å². The molecule has 8 nitrogen and oxygen atoms in total. The summed E-state index contributed by atoms with van der Waals surface area (Å²) in [6, 6.07) is 17.5. The number of hydrogen-bond donors (Lipinski definition) is 0. The molecule has 0 N–H and O–H groups in total. The van der Waals surface area contributed by atoms with Crippen LogP contribution in [0.5, 0.6) is 0 Å². The molecule has 0 aliphatic rings. The van der Waals surface area contributed by atoms with Crippen LogP contribution in [0.15, 0.2) is 76.6 Å². The van der Waals surface area contributed by atoms with E-state index in [2.05, 4.69) is 4.99 Å². The highest BCUT2D eigenvalue weighted by atomic mass is 35.5. The number of para-hydroxylation sites is 1. The Labute approximate surface area is 182 Å². The molecule has 31 heavy (non-hydrogen) atoms. The van der Waals surface area contributed by atoms with Crippen LogP contribution in [0, 0.1) is 17.0 Å². The smallest absolute Gasteiger partial charge is 0.297 e. The molecular formula is C22H18ClN5O3. The summed E-state index contributed by atoms with van der Waals surface area (Å²) in [6.07, 6.45) is 3.33. The lowest BCUT2D eigenvalue weighted by molar-refractivity contribution is -0.384. The van der Waals surface area contributed by atoms with Gasteiger partial charge in [-0.3, -0.25) is 19.6 Å². The van der Waals surface area contributed by atoms with E-state index in [-0.39, 0.29) is 16.3 Å². The third-order valence-electron chi connectivity index (χ3n) is 5.03. The number of hydrogen-bond acceptors (Lipinski definition) is 4. The third-order valence-corrected chi connectivity index (χ3v) is 5.35. The van der Waals surface area contributed by atoms with E-state index >= 15 is 0 Å². The molecular weight excluding hydrogens is 418 g/mol. The number of aliphatic imine (C=N–C) groups is 1. The van der Waals surface area contributed by atoms with Crippen LogP contribution in [-0.2, 0) is 7.05 Å². The topological polar surface area (TPSA) is 87.4 Å². The Bertz CT molecular complexity index is 1370. The highest BCUT2D eigenvalue weighted by Crippen LogP contribution is 2.27. The number of nitrogens with zero attached hydrogens (tertiary/aromatic N) is 5. The molecule has 0 spiro atoms. The standard InChI is InChI=1S/C22H18ClN5O3/c1-15-21(22(29)27(25(15)2)16-7-4-3-5-8-16)24-14-18-9-6-12-26(18)17-10-11-19(23)20(13-17)28(30)31/h3-14H,1-2H3. The van der Waals surface area contributed by atoms with Crippen molar-refractivity contribution >= 4 is 29.2 Å². The second-order valence-corrected chi connectivity index (χ2v) is 7.27. The van der Waals surface area contributed by atoms with Crippen molar-refractivity contribution in [2.45, 2.75) is 6.92 Å². The lowest BCUT2D eigenvalue weighted by Gasteiger charge is -2.07. The first-order chi connectivity index (χ1) is 14.9. The van der Waals surface area contributed by atoms with Crippen molar-refractivity contribution in [3.05, 3.63) is 104 Å². The lowest BCUT2D eigenvalue weighted by atomic mass is 10.2.